The smallest absolute Gasteiger partial charge is 0.148 e. The van der Waals surface area contributed by atoms with Gasteiger partial charge in [0.15, 0.2) is 0 Å². The van der Waals surface area contributed by atoms with E-state index in [4.69, 9.17) is 10.1 Å². The standard InChI is InChI=1S/C19H19N5O2/c1-23-15-6-5-13(26-2)8-14(15)22-19(23)17-16(25)11-24(18(17)20)10-12-4-3-7-21-9-12/h3-9,20,25H,10-11H2,1-2H3. The Balaban J connectivity index is 1.69. The van der Waals surface area contributed by atoms with Gasteiger partial charge in [0, 0.05) is 32.1 Å². The van der Waals surface area contributed by atoms with Gasteiger partial charge in [-0.1, -0.05) is 6.07 Å². The van der Waals surface area contributed by atoms with Gasteiger partial charge in [-0.3, -0.25) is 10.4 Å². The molecular formula is C19H19N5O2. The van der Waals surface area contributed by atoms with Crippen molar-refractivity contribution in [3.05, 3.63) is 59.9 Å². The number of aryl methyl sites for hydroxylation is 1. The molecule has 0 saturated heterocycles. The fourth-order valence-electron chi connectivity index (χ4n) is 3.25. The molecular weight excluding hydrogens is 330 g/mol. The molecule has 3 aromatic rings. The van der Waals surface area contributed by atoms with E-state index in [1.165, 1.54) is 0 Å². The van der Waals surface area contributed by atoms with E-state index >= 15 is 0 Å². The molecule has 0 amide bonds. The summed E-state index contributed by atoms with van der Waals surface area (Å²) in [5.74, 6) is 1.71. The molecule has 0 unspecified atom stereocenters. The molecule has 2 aromatic heterocycles. The predicted molar refractivity (Wildman–Crippen MR) is 99.2 cm³/mol. The summed E-state index contributed by atoms with van der Waals surface area (Å²) in [4.78, 5) is 10.5. The highest BCUT2D eigenvalue weighted by Gasteiger charge is 2.31. The topological polar surface area (TPSA) is 87.3 Å². The molecule has 0 radical (unpaired) electrons. The molecule has 0 saturated carbocycles. The highest BCUT2D eigenvalue weighted by Crippen LogP contribution is 2.30. The van der Waals surface area contributed by atoms with E-state index in [1.807, 2.05) is 46.8 Å². The number of aromatic nitrogens is 3. The lowest BCUT2D eigenvalue weighted by Crippen LogP contribution is -2.26. The Hall–Kier alpha value is -3.35. The molecule has 7 nitrogen and oxygen atoms in total. The van der Waals surface area contributed by atoms with Crippen LogP contribution in [0.3, 0.4) is 0 Å². The Morgan fingerprint density at radius 3 is 2.88 bits per heavy atom. The van der Waals surface area contributed by atoms with Crippen LogP contribution in [0.15, 0.2) is 48.5 Å². The van der Waals surface area contributed by atoms with Crippen LogP contribution in [0, 0.1) is 5.41 Å². The normalized spacial score (nSPS) is 14.5. The van der Waals surface area contributed by atoms with Gasteiger partial charge in [0.05, 0.1) is 30.3 Å². The maximum absolute atomic E-state index is 10.5. The van der Waals surface area contributed by atoms with Crippen LogP contribution in [-0.4, -0.2) is 44.0 Å². The number of nitrogens with one attached hydrogen (secondary N) is 1. The molecule has 4 rings (SSSR count). The van der Waals surface area contributed by atoms with Crippen molar-refractivity contribution in [1.29, 1.82) is 5.41 Å². The summed E-state index contributed by atoms with van der Waals surface area (Å²) in [5, 5.41) is 19.1. The zero-order valence-corrected chi connectivity index (χ0v) is 14.6. The second-order valence-corrected chi connectivity index (χ2v) is 6.24. The molecule has 0 spiro atoms. The van der Waals surface area contributed by atoms with Gasteiger partial charge in [0.25, 0.3) is 0 Å². The van der Waals surface area contributed by atoms with E-state index in [-0.39, 0.29) is 18.1 Å². The third kappa shape index (κ3) is 2.57. The quantitative estimate of drug-likeness (QED) is 0.756. The molecule has 7 heteroatoms. The lowest BCUT2D eigenvalue weighted by molar-refractivity contribution is 0.346. The lowest BCUT2D eigenvalue weighted by atomic mass is 10.2. The van der Waals surface area contributed by atoms with E-state index < -0.39 is 0 Å². The van der Waals surface area contributed by atoms with Gasteiger partial charge in [-0.2, -0.15) is 0 Å². The minimum Gasteiger partial charge on any atom is -0.510 e. The molecule has 0 fully saturated rings. The molecule has 1 aromatic carbocycles. The van der Waals surface area contributed by atoms with Crippen LogP contribution in [0.1, 0.15) is 11.4 Å². The molecule has 26 heavy (non-hydrogen) atoms. The first-order chi connectivity index (χ1) is 12.6. The van der Waals surface area contributed by atoms with E-state index in [9.17, 15) is 5.11 Å². The molecule has 3 heterocycles. The number of pyridine rings is 1. The van der Waals surface area contributed by atoms with Crippen LogP contribution in [0.2, 0.25) is 0 Å². The monoisotopic (exact) mass is 349 g/mol. The van der Waals surface area contributed by atoms with E-state index in [0.717, 1.165) is 22.3 Å². The number of rotatable bonds is 4. The summed E-state index contributed by atoms with van der Waals surface area (Å²) in [6.07, 6.45) is 3.48. The van der Waals surface area contributed by atoms with E-state index in [1.54, 1.807) is 19.5 Å². The highest BCUT2D eigenvalue weighted by atomic mass is 16.5. The van der Waals surface area contributed by atoms with Gasteiger partial charge in [0.1, 0.15) is 23.2 Å². The van der Waals surface area contributed by atoms with Crippen LogP contribution in [-0.2, 0) is 13.6 Å². The molecule has 1 aliphatic rings. The van der Waals surface area contributed by atoms with Crippen LogP contribution >= 0.6 is 0 Å². The average Bonchev–Trinajstić information content (AvgIpc) is 3.11. The predicted octanol–water partition coefficient (Wildman–Crippen LogP) is 2.74. The zero-order chi connectivity index (χ0) is 18.3. The Morgan fingerprint density at radius 1 is 1.31 bits per heavy atom. The van der Waals surface area contributed by atoms with Crippen molar-refractivity contribution in [3.63, 3.8) is 0 Å². The number of methoxy groups -OCH3 is 1. The Labute approximate surface area is 150 Å². The summed E-state index contributed by atoms with van der Waals surface area (Å²) in [7, 11) is 3.50. The summed E-state index contributed by atoms with van der Waals surface area (Å²) < 4.78 is 7.15. The number of aliphatic hydroxyl groups is 1. The molecule has 0 bridgehead atoms. The third-order valence-electron chi connectivity index (χ3n) is 4.59. The van der Waals surface area contributed by atoms with Crippen molar-refractivity contribution in [2.45, 2.75) is 6.54 Å². The van der Waals surface area contributed by atoms with Crippen molar-refractivity contribution in [3.8, 4) is 5.75 Å². The first-order valence-corrected chi connectivity index (χ1v) is 8.24. The average molecular weight is 349 g/mol. The number of hydrogen-bond acceptors (Lipinski definition) is 5. The molecule has 132 valence electrons. The second-order valence-electron chi connectivity index (χ2n) is 6.24. The van der Waals surface area contributed by atoms with Gasteiger partial charge in [-0.25, -0.2) is 4.98 Å². The van der Waals surface area contributed by atoms with E-state index in [0.29, 0.717) is 17.9 Å². The number of imidazole rings is 1. The molecule has 2 N–H and O–H groups in total. The Kier molecular flexibility index (Phi) is 3.84. The second kappa shape index (κ2) is 6.18. The van der Waals surface area contributed by atoms with Gasteiger partial charge in [-0.15, -0.1) is 0 Å². The van der Waals surface area contributed by atoms with Gasteiger partial charge >= 0.3 is 0 Å². The fraction of sp³-hybridized carbons (Fsp3) is 0.211. The van der Waals surface area contributed by atoms with Crippen molar-refractivity contribution >= 4 is 22.4 Å². The number of fused-ring (bicyclic) bond motifs is 1. The van der Waals surface area contributed by atoms with Gasteiger partial charge in [0.2, 0.25) is 0 Å². The molecule has 0 aliphatic carbocycles. The summed E-state index contributed by atoms with van der Waals surface area (Å²) in [5.41, 5.74) is 3.13. The zero-order valence-electron chi connectivity index (χ0n) is 14.6. The minimum absolute atomic E-state index is 0.157. The number of amidine groups is 1. The maximum atomic E-state index is 10.5. The first-order valence-electron chi connectivity index (χ1n) is 8.24. The molecule has 1 aliphatic heterocycles. The lowest BCUT2D eigenvalue weighted by Gasteiger charge is -2.18. The number of hydrogen-bond donors (Lipinski definition) is 2. The van der Waals surface area contributed by atoms with Crippen molar-refractivity contribution in [2.75, 3.05) is 13.7 Å². The van der Waals surface area contributed by atoms with Crippen LogP contribution in [0.5, 0.6) is 5.75 Å². The number of benzene rings is 1. The van der Waals surface area contributed by atoms with Crippen LogP contribution < -0.4 is 4.74 Å². The number of aliphatic hydroxyl groups excluding tert-OH is 1. The fourth-order valence-corrected chi connectivity index (χ4v) is 3.25. The minimum atomic E-state index is 0.157. The van der Waals surface area contributed by atoms with Crippen molar-refractivity contribution < 1.29 is 9.84 Å². The van der Waals surface area contributed by atoms with Crippen LogP contribution in [0.4, 0.5) is 0 Å². The first kappa shape index (κ1) is 16.1. The summed E-state index contributed by atoms with van der Waals surface area (Å²) in [6.45, 7) is 0.799. The Bertz CT molecular complexity index is 1020. The van der Waals surface area contributed by atoms with Gasteiger partial charge in [-0.05, 0) is 23.8 Å². The largest absolute Gasteiger partial charge is 0.510 e. The number of ether oxygens (including phenoxy) is 1. The van der Waals surface area contributed by atoms with Crippen molar-refractivity contribution in [1.82, 2.24) is 19.4 Å². The maximum Gasteiger partial charge on any atom is 0.148 e. The molecule has 0 atom stereocenters. The number of nitrogens with zero attached hydrogens (tertiary/aromatic N) is 4. The van der Waals surface area contributed by atoms with Crippen LogP contribution in [0.25, 0.3) is 16.6 Å². The summed E-state index contributed by atoms with van der Waals surface area (Å²) >= 11 is 0. The SMILES string of the molecule is COc1ccc2c(c1)nc(C1=C(O)CN(Cc3cccnc3)C1=N)n2C. The Morgan fingerprint density at radius 2 is 2.15 bits per heavy atom. The van der Waals surface area contributed by atoms with E-state index in [2.05, 4.69) is 9.97 Å². The van der Waals surface area contributed by atoms with Gasteiger partial charge < -0.3 is 19.3 Å². The summed E-state index contributed by atoms with van der Waals surface area (Å²) in [6, 6.07) is 9.46. The third-order valence-corrected chi connectivity index (χ3v) is 4.59. The highest BCUT2D eigenvalue weighted by molar-refractivity contribution is 6.23. The van der Waals surface area contributed by atoms with Crippen molar-refractivity contribution in [2.24, 2.45) is 7.05 Å².